The number of anilines is 2. The molecular weight excluding hydrogens is 416 g/mol. The Balaban J connectivity index is 1.28. The van der Waals surface area contributed by atoms with Gasteiger partial charge in [0.2, 0.25) is 11.9 Å². The van der Waals surface area contributed by atoms with E-state index in [2.05, 4.69) is 20.2 Å². The summed E-state index contributed by atoms with van der Waals surface area (Å²) >= 11 is 6.02. The van der Waals surface area contributed by atoms with Crippen molar-refractivity contribution >= 4 is 35.2 Å². The maximum Gasteiger partial charge on any atom is 0.321 e. The average Bonchev–Trinajstić information content (AvgIpc) is 3.31. The lowest BCUT2D eigenvalue weighted by molar-refractivity contribution is -0.133. The Labute approximate surface area is 186 Å². The highest BCUT2D eigenvalue weighted by atomic mass is 35.5. The van der Waals surface area contributed by atoms with Crippen LogP contribution in [0.1, 0.15) is 12.8 Å². The van der Waals surface area contributed by atoms with E-state index < -0.39 is 0 Å². The monoisotopic (exact) mass is 440 g/mol. The van der Waals surface area contributed by atoms with Crippen molar-refractivity contribution in [3.8, 4) is 0 Å². The fourth-order valence-electron chi connectivity index (χ4n) is 5.51. The number of aromatic nitrogens is 2. The van der Waals surface area contributed by atoms with Gasteiger partial charge in [-0.15, -0.1) is 0 Å². The number of nitrogens with one attached hydrogen (secondary N) is 1. The van der Waals surface area contributed by atoms with Gasteiger partial charge in [0.25, 0.3) is 0 Å². The predicted octanol–water partition coefficient (Wildman–Crippen LogP) is 2.72. The number of amides is 3. The molecule has 162 valence electrons. The Bertz CT molecular complexity index is 995. The van der Waals surface area contributed by atoms with Crippen molar-refractivity contribution in [3.63, 3.8) is 0 Å². The number of hydrogen-bond acceptors (Lipinski definition) is 5. The van der Waals surface area contributed by atoms with Crippen LogP contribution in [-0.2, 0) is 4.79 Å². The standard InChI is InChI=1S/C22H25ClN6O2/c1-27-19(30)17-13-29(20-24-8-3-9-25-20)14-18(17)22(27)6-10-28(11-7-22)21(31)26-16-5-2-4-15(23)12-16/h2-5,8-9,12,17-18H,6-7,10-11,13-14H2,1H3,(H,26,31)/t17-,18+/m0/s1. The molecule has 4 heterocycles. The molecular formula is C22H25ClN6O2. The molecule has 1 aromatic heterocycles. The van der Waals surface area contributed by atoms with Crippen molar-refractivity contribution in [2.24, 2.45) is 11.8 Å². The molecule has 0 unspecified atom stereocenters. The summed E-state index contributed by atoms with van der Waals surface area (Å²) in [5, 5.41) is 3.51. The summed E-state index contributed by atoms with van der Waals surface area (Å²) in [6, 6.07) is 8.80. The molecule has 1 aromatic carbocycles. The lowest BCUT2D eigenvalue weighted by Crippen LogP contribution is -2.57. The zero-order chi connectivity index (χ0) is 21.6. The molecule has 0 radical (unpaired) electrons. The number of hydrogen-bond donors (Lipinski definition) is 1. The molecule has 3 aliphatic heterocycles. The highest BCUT2D eigenvalue weighted by Gasteiger charge is 2.60. The fourth-order valence-corrected chi connectivity index (χ4v) is 5.70. The van der Waals surface area contributed by atoms with Crippen LogP contribution in [-0.4, -0.2) is 70.5 Å². The van der Waals surface area contributed by atoms with Gasteiger partial charge in [-0.05, 0) is 37.1 Å². The Morgan fingerprint density at radius 3 is 2.61 bits per heavy atom. The summed E-state index contributed by atoms with van der Waals surface area (Å²) in [6.45, 7) is 2.63. The van der Waals surface area contributed by atoms with Crippen molar-refractivity contribution < 1.29 is 9.59 Å². The van der Waals surface area contributed by atoms with Crippen LogP contribution in [0.25, 0.3) is 0 Å². The summed E-state index contributed by atoms with van der Waals surface area (Å²) in [6.07, 6.45) is 5.00. The van der Waals surface area contributed by atoms with Crippen molar-refractivity contribution in [2.45, 2.75) is 18.4 Å². The minimum absolute atomic E-state index is 0.0411. The molecule has 3 amide bonds. The number of rotatable bonds is 2. The minimum atomic E-state index is -0.224. The van der Waals surface area contributed by atoms with Crippen LogP contribution in [0.2, 0.25) is 5.02 Å². The zero-order valence-corrected chi connectivity index (χ0v) is 18.1. The van der Waals surface area contributed by atoms with Gasteiger partial charge in [0, 0.05) is 62.2 Å². The molecule has 3 fully saturated rings. The van der Waals surface area contributed by atoms with E-state index >= 15 is 0 Å². The van der Waals surface area contributed by atoms with Crippen molar-refractivity contribution in [3.05, 3.63) is 47.7 Å². The summed E-state index contributed by atoms with van der Waals surface area (Å²) in [4.78, 5) is 40.5. The van der Waals surface area contributed by atoms with Gasteiger partial charge in [-0.2, -0.15) is 0 Å². The fraction of sp³-hybridized carbons (Fsp3) is 0.455. The second-order valence-electron chi connectivity index (χ2n) is 8.60. The van der Waals surface area contributed by atoms with Crippen LogP contribution in [0.15, 0.2) is 42.7 Å². The van der Waals surface area contributed by atoms with Gasteiger partial charge < -0.3 is 20.0 Å². The second-order valence-corrected chi connectivity index (χ2v) is 9.03. The Morgan fingerprint density at radius 2 is 1.90 bits per heavy atom. The molecule has 0 aliphatic carbocycles. The molecule has 3 aliphatic rings. The molecule has 0 saturated carbocycles. The Morgan fingerprint density at radius 1 is 1.16 bits per heavy atom. The van der Waals surface area contributed by atoms with Gasteiger partial charge in [-0.25, -0.2) is 14.8 Å². The number of carbonyl (C=O) groups is 2. The second kappa shape index (κ2) is 7.67. The first-order valence-electron chi connectivity index (χ1n) is 10.6. The maximum absolute atomic E-state index is 13.1. The van der Waals surface area contributed by atoms with E-state index in [1.165, 1.54) is 0 Å². The van der Waals surface area contributed by atoms with E-state index in [4.69, 9.17) is 11.6 Å². The topological polar surface area (TPSA) is 81.7 Å². The van der Waals surface area contributed by atoms with E-state index in [9.17, 15) is 9.59 Å². The number of benzene rings is 1. The van der Waals surface area contributed by atoms with Crippen molar-refractivity contribution in [1.82, 2.24) is 19.8 Å². The van der Waals surface area contributed by atoms with Crippen LogP contribution < -0.4 is 10.2 Å². The van der Waals surface area contributed by atoms with E-state index in [1.54, 1.807) is 30.6 Å². The zero-order valence-electron chi connectivity index (χ0n) is 17.4. The molecule has 2 atom stereocenters. The largest absolute Gasteiger partial charge is 0.340 e. The number of fused-ring (bicyclic) bond motifs is 2. The van der Waals surface area contributed by atoms with Crippen LogP contribution >= 0.6 is 11.6 Å². The lowest BCUT2D eigenvalue weighted by atomic mass is 9.75. The third kappa shape index (κ3) is 3.39. The first-order chi connectivity index (χ1) is 15.0. The molecule has 1 N–H and O–H groups in total. The number of piperidine rings is 1. The molecule has 3 saturated heterocycles. The van der Waals surface area contributed by atoms with Crippen LogP contribution in [0.5, 0.6) is 0 Å². The van der Waals surface area contributed by atoms with E-state index in [1.807, 2.05) is 29.0 Å². The Hall–Kier alpha value is -2.87. The summed E-state index contributed by atoms with van der Waals surface area (Å²) < 4.78 is 0. The number of carbonyl (C=O) groups excluding carboxylic acids is 2. The maximum atomic E-state index is 13.1. The highest BCUT2D eigenvalue weighted by molar-refractivity contribution is 6.30. The third-order valence-corrected chi connectivity index (χ3v) is 7.39. The summed E-state index contributed by atoms with van der Waals surface area (Å²) in [5.74, 6) is 1.05. The van der Waals surface area contributed by atoms with E-state index in [0.717, 1.165) is 19.4 Å². The Kier molecular flexibility index (Phi) is 4.97. The summed E-state index contributed by atoms with van der Waals surface area (Å²) in [7, 11) is 1.92. The third-order valence-electron chi connectivity index (χ3n) is 7.15. The number of likely N-dealkylation sites (tertiary alicyclic amines) is 2. The van der Waals surface area contributed by atoms with Gasteiger partial charge in [-0.1, -0.05) is 17.7 Å². The number of nitrogens with zero attached hydrogens (tertiary/aromatic N) is 5. The molecule has 2 aromatic rings. The highest BCUT2D eigenvalue weighted by Crippen LogP contribution is 2.49. The average molecular weight is 441 g/mol. The number of halogens is 1. The van der Waals surface area contributed by atoms with Crippen LogP contribution in [0, 0.1) is 11.8 Å². The first-order valence-corrected chi connectivity index (χ1v) is 11.0. The van der Waals surface area contributed by atoms with Gasteiger partial charge in [0.15, 0.2) is 0 Å². The SMILES string of the molecule is CN1C(=O)[C@H]2CN(c3ncccn3)C[C@H]2C12CCN(C(=O)Nc1cccc(Cl)c1)CC2. The van der Waals surface area contributed by atoms with E-state index in [-0.39, 0.29) is 29.3 Å². The minimum Gasteiger partial charge on any atom is -0.340 e. The molecule has 0 bridgehead atoms. The molecule has 1 spiro atoms. The van der Waals surface area contributed by atoms with Gasteiger partial charge in [0.1, 0.15) is 0 Å². The lowest BCUT2D eigenvalue weighted by Gasteiger charge is -2.46. The van der Waals surface area contributed by atoms with Gasteiger partial charge >= 0.3 is 6.03 Å². The van der Waals surface area contributed by atoms with Crippen LogP contribution in [0.3, 0.4) is 0 Å². The van der Waals surface area contributed by atoms with Crippen molar-refractivity contribution in [2.75, 3.05) is 43.4 Å². The quantitative estimate of drug-likeness (QED) is 0.776. The molecule has 8 nitrogen and oxygen atoms in total. The molecule has 9 heteroatoms. The summed E-state index contributed by atoms with van der Waals surface area (Å²) in [5.41, 5.74) is 0.457. The first kappa shape index (κ1) is 20.1. The smallest absolute Gasteiger partial charge is 0.321 e. The molecule has 31 heavy (non-hydrogen) atoms. The normalized spacial score (nSPS) is 24.6. The van der Waals surface area contributed by atoms with Gasteiger partial charge in [0.05, 0.1) is 11.5 Å². The van der Waals surface area contributed by atoms with E-state index in [0.29, 0.717) is 36.3 Å². The predicted molar refractivity (Wildman–Crippen MR) is 118 cm³/mol. The van der Waals surface area contributed by atoms with Crippen molar-refractivity contribution in [1.29, 1.82) is 0 Å². The van der Waals surface area contributed by atoms with Gasteiger partial charge in [-0.3, -0.25) is 4.79 Å². The van der Waals surface area contributed by atoms with Crippen LogP contribution in [0.4, 0.5) is 16.4 Å². The number of urea groups is 1. The molecule has 5 rings (SSSR count).